The lowest BCUT2D eigenvalue weighted by atomic mass is 9.99. The molecule has 0 atom stereocenters. The Bertz CT molecular complexity index is 1780. The molecule has 0 bridgehead atoms. The fourth-order valence-corrected chi connectivity index (χ4v) is 4.15. The van der Waals surface area contributed by atoms with Gasteiger partial charge in [-0.05, 0) is 65.3 Å². The standard InChI is InChI=1S/C27H19NO/c1-16-14-25(28-15-17(16)2)24-9-5-8-21-23-13-12-20-19-7-4-3-6-18(19)10-11-22(20)26(23)29-27(21)24/h3-15H,1-2H3/i1D3,2D3. The zero-order chi connectivity index (χ0) is 24.5. The molecule has 0 aliphatic carbocycles. The highest BCUT2D eigenvalue weighted by Crippen LogP contribution is 2.39. The number of pyridine rings is 1. The lowest BCUT2D eigenvalue weighted by Crippen LogP contribution is -1.88. The molecule has 4 aromatic carbocycles. The van der Waals surface area contributed by atoms with Gasteiger partial charge in [0.2, 0.25) is 0 Å². The number of hydrogen-bond donors (Lipinski definition) is 0. The Morgan fingerprint density at radius 1 is 0.690 bits per heavy atom. The van der Waals surface area contributed by atoms with E-state index in [1.165, 1.54) is 6.07 Å². The van der Waals surface area contributed by atoms with E-state index in [1.807, 2.05) is 36.4 Å². The highest BCUT2D eigenvalue weighted by Gasteiger charge is 2.15. The maximum atomic E-state index is 7.89. The molecule has 2 aromatic heterocycles. The molecule has 2 heterocycles. The van der Waals surface area contributed by atoms with Crippen LogP contribution >= 0.6 is 0 Å². The van der Waals surface area contributed by atoms with Crippen molar-refractivity contribution >= 4 is 43.5 Å². The first kappa shape index (κ1) is 11.4. The molecular weight excluding hydrogens is 354 g/mol. The SMILES string of the molecule is [2H]C([2H])([2H])c1cnc(-c2cccc3c2oc2c3ccc3c4ccccc4ccc32)cc1C([2H])([2H])[2H]. The molecule has 0 saturated heterocycles. The van der Waals surface area contributed by atoms with Gasteiger partial charge in [-0.1, -0.05) is 48.5 Å². The summed E-state index contributed by atoms with van der Waals surface area (Å²) in [5.41, 5.74) is 1.78. The van der Waals surface area contributed by atoms with Crippen LogP contribution in [0.15, 0.2) is 83.4 Å². The van der Waals surface area contributed by atoms with Crippen molar-refractivity contribution < 1.29 is 12.6 Å². The number of para-hydroxylation sites is 1. The van der Waals surface area contributed by atoms with E-state index in [1.54, 1.807) is 0 Å². The molecule has 6 rings (SSSR count). The average Bonchev–Trinajstić information content (AvgIpc) is 3.21. The Kier molecular flexibility index (Phi) is 2.32. The second-order valence-electron chi connectivity index (χ2n) is 7.22. The number of benzene rings is 4. The number of furan rings is 1. The predicted octanol–water partition coefficient (Wildman–Crippen LogP) is 7.57. The summed E-state index contributed by atoms with van der Waals surface area (Å²) in [6, 6.07) is 23.4. The summed E-state index contributed by atoms with van der Waals surface area (Å²) in [6.07, 6.45) is 1.15. The Labute approximate surface area is 176 Å². The maximum absolute atomic E-state index is 7.89. The van der Waals surface area contributed by atoms with Crippen LogP contribution in [0.5, 0.6) is 0 Å². The van der Waals surface area contributed by atoms with E-state index in [4.69, 9.17) is 12.6 Å². The Morgan fingerprint density at radius 3 is 2.38 bits per heavy atom. The third-order valence-electron chi connectivity index (χ3n) is 5.57. The summed E-state index contributed by atoms with van der Waals surface area (Å²) in [5, 5.41) is 6.17. The largest absolute Gasteiger partial charge is 0.455 e. The molecule has 2 nitrogen and oxygen atoms in total. The third kappa shape index (κ3) is 2.32. The topological polar surface area (TPSA) is 26.0 Å². The van der Waals surface area contributed by atoms with Crippen LogP contribution in [0.25, 0.3) is 54.7 Å². The number of fused-ring (bicyclic) bond motifs is 7. The highest BCUT2D eigenvalue weighted by atomic mass is 16.3. The highest BCUT2D eigenvalue weighted by molar-refractivity contribution is 6.21. The van der Waals surface area contributed by atoms with Gasteiger partial charge in [0.1, 0.15) is 11.2 Å². The summed E-state index contributed by atoms with van der Waals surface area (Å²) in [5.74, 6) is 0. The smallest absolute Gasteiger partial charge is 0.144 e. The Hall–Kier alpha value is -3.65. The molecule has 0 aliphatic rings. The van der Waals surface area contributed by atoms with E-state index in [9.17, 15) is 0 Å². The van der Waals surface area contributed by atoms with Crippen LogP contribution in [0.2, 0.25) is 0 Å². The van der Waals surface area contributed by atoms with Crippen LogP contribution < -0.4 is 0 Å². The first-order chi connectivity index (χ1) is 16.6. The molecule has 0 saturated carbocycles. The minimum absolute atomic E-state index is 0.229. The first-order valence-corrected chi connectivity index (χ1v) is 9.40. The van der Waals surface area contributed by atoms with Crippen LogP contribution in [-0.2, 0) is 0 Å². The number of hydrogen-bond acceptors (Lipinski definition) is 2. The van der Waals surface area contributed by atoms with Crippen LogP contribution in [0.4, 0.5) is 0 Å². The quantitative estimate of drug-likeness (QED) is 0.275. The van der Waals surface area contributed by atoms with Crippen molar-refractivity contribution in [3.05, 3.63) is 90.1 Å². The Morgan fingerprint density at radius 2 is 1.45 bits per heavy atom. The second-order valence-corrected chi connectivity index (χ2v) is 7.22. The average molecular weight is 379 g/mol. The molecule has 0 aliphatic heterocycles. The molecule has 0 spiro atoms. The van der Waals surface area contributed by atoms with Gasteiger partial charge in [-0.15, -0.1) is 0 Å². The van der Waals surface area contributed by atoms with Crippen molar-refractivity contribution in [2.75, 3.05) is 0 Å². The van der Waals surface area contributed by atoms with Crippen LogP contribution in [0, 0.1) is 13.7 Å². The van der Waals surface area contributed by atoms with Gasteiger partial charge in [-0.25, -0.2) is 0 Å². The monoisotopic (exact) mass is 379 g/mol. The summed E-state index contributed by atoms with van der Waals surface area (Å²) in [7, 11) is 0. The molecule has 29 heavy (non-hydrogen) atoms. The van der Waals surface area contributed by atoms with Gasteiger partial charge in [0.25, 0.3) is 0 Å². The summed E-state index contributed by atoms with van der Waals surface area (Å²) in [6.45, 7) is -5.18. The van der Waals surface area contributed by atoms with Gasteiger partial charge in [-0.2, -0.15) is 0 Å². The van der Waals surface area contributed by atoms with Gasteiger partial charge >= 0.3 is 0 Å². The fraction of sp³-hybridized carbons (Fsp3) is 0.0741. The van der Waals surface area contributed by atoms with Crippen LogP contribution in [0.3, 0.4) is 0 Å². The molecule has 0 N–H and O–H groups in total. The van der Waals surface area contributed by atoms with Crippen molar-refractivity contribution in [1.82, 2.24) is 4.98 Å². The van der Waals surface area contributed by atoms with Gasteiger partial charge in [0.15, 0.2) is 0 Å². The van der Waals surface area contributed by atoms with E-state index < -0.39 is 13.7 Å². The summed E-state index contributed by atoms with van der Waals surface area (Å²) >= 11 is 0. The van der Waals surface area contributed by atoms with Crippen molar-refractivity contribution in [1.29, 1.82) is 0 Å². The van der Waals surface area contributed by atoms with Gasteiger partial charge in [-0.3, -0.25) is 4.98 Å². The normalized spacial score (nSPS) is 15.7. The predicted molar refractivity (Wildman–Crippen MR) is 121 cm³/mol. The lowest BCUT2D eigenvalue weighted by molar-refractivity contribution is 0.673. The number of nitrogens with zero attached hydrogens (tertiary/aromatic N) is 1. The summed E-state index contributed by atoms with van der Waals surface area (Å²) in [4.78, 5) is 4.34. The van der Waals surface area contributed by atoms with Crippen molar-refractivity contribution in [2.24, 2.45) is 0 Å². The van der Waals surface area contributed by atoms with Gasteiger partial charge < -0.3 is 4.42 Å². The Balaban J connectivity index is 1.64. The van der Waals surface area contributed by atoms with Crippen LogP contribution in [0.1, 0.15) is 19.4 Å². The zero-order valence-electron chi connectivity index (χ0n) is 21.4. The number of rotatable bonds is 1. The lowest BCUT2D eigenvalue weighted by Gasteiger charge is -2.05. The zero-order valence-corrected chi connectivity index (χ0v) is 15.4. The molecule has 2 heteroatoms. The molecule has 0 unspecified atom stereocenters. The number of aryl methyl sites for hydroxylation is 2. The van der Waals surface area contributed by atoms with Crippen LogP contribution in [-0.4, -0.2) is 4.98 Å². The molecule has 138 valence electrons. The van der Waals surface area contributed by atoms with E-state index in [0.29, 0.717) is 16.8 Å². The molecule has 6 aromatic rings. The fourth-order valence-electron chi connectivity index (χ4n) is 4.15. The van der Waals surface area contributed by atoms with Gasteiger partial charge in [0.05, 0.1) is 5.69 Å². The molecule has 0 radical (unpaired) electrons. The summed E-state index contributed by atoms with van der Waals surface area (Å²) < 4.78 is 53.3. The van der Waals surface area contributed by atoms with Crippen molar-refractivity contribution in [3.63, 3.8) is 0 Å². The van der Waals surface area contributed by atoms with E-state index in [2.05, 4.69) is 35.3 Å². The number of aromatic nitrogens is 1. The molecule has 0 fully saturated rings. The van der Waals surface area contributed by atoms with Gasteiger partial charge in [0, 0.05) is 36.1 Å². The minimum atomic E-state index is -2.60. The van der Waals surface area contributed by atoms with E-state index in [-0.39, 0.29) is 11.1 Å². The first-order valence-electron chi connectivity index (χ1n) is 12.4. The maximum Gasteiger partial charge on any atom is 0.144 e. The second kappa shape index (κ2) is 5.92. The van der Waals surface area contributed by atoms with Crippen molar-refractivity contribution in [3.8, 4) is 11.3 Å². The molecular formula is C27H19NO. The third-order valence-corrected chi connectivity index (χ3v) is 5.57. The van der Waals surface area contributed by atoms with Crippen molar-refractivity contribution in [2.45, 2.75) is 13.7 Å². The minimum Gasteiger partial charge on any atom is -0.455 e. The van der Waals surface area contributed by atoms with E-state index in [0.717, 1.165) is 44.1 Å². The molecule has 0 amide bonds. The van der Waals surface area contributed by atoms with E-state index >= 15 is 0 Å².